The van der Waals surface area contributed by atoms with Crippen LogP contribution >= 0.6 is 0 Å². The molecule has 2 rings (SSSR count). The second kappa shape index (κ2) is 6.91. The molecule has 0 atom stereocenters. The number of benzene rings is 1. The molecule has 0 bridgehead atoms. The Morgan fingerprint density at radius 2 is 1.95 bits per heavy atom. The molecule has 0 unspecified atom stereocenters. The Morgan fingerprint density at radius 3 is 2.70 bits per heavy atom. The lowest BCUT2D eigenvalue weighted by Gasteiger charge is -2.10. The highest BCUT2D eigenvalue weighted by atomic mass is 16.5. The average molecular weight is 272 g/mol. The maximum atomic E-state index is 5.75. The summed E-state index contributed by atoms with van der Waals surface area (Å²) < 4.78 is 10.9. The molecule has 0 aliphatic heterocycles. The van der Waals surface area contributed by atoms with E-state index in [1.807, 2.05) is 36.4 Å². The number of rotatable bonds is 6. The number of aromatic nitrogens is 1. The third-order valence-corrected chi connectivity index (χ3v) is 2.78. The van der Waals surface area contributed by atoms with Gasteiger partial charge in [0.15, 0.2) is 0 Å². The number of hydrogen-bond acceptors (Lipinski definition) is 4. The predicted octanol–water partition coefficient (Wildman–Crippen LogP) is 3.38. The van der Waals surface area contributed by atoms with Gasteiger partial charge in [0.05, 0.1) is 7.11 Å². The Labute approximate surface area is 119 Å². The lowest BCUT2D eigenvalue weighted by molar-refractivity contribution is 0.407. The van der Waals surface area contributed by atoms with Crippen LogP contribution in [0.2, 0.25) is 0 Å². The highest BCUT2D eigenvalue weighted by molar-refractivity contribution is 5.35. The highest BCUT2D eigenvalue weighted by Gasteiger charge is 2.02. The Kier molecular flexibility index (Phi) is 4.96. The van der Waals surface area contributed by atoms with E-state index in [0.717, 1.165) is 17.9 Å². The second-order valence-electron chi connectivity index (χ2n) is 4.82. The number of hydrogen-bond donors (Lipinski definition) is 1. The molecule has 0 radical (unpaired) electrons. The first kappa shape index (κ1) is 14.3. The maximum absolute atomic E-state index is 5.75. The normalized spacial score (nSPS) is 10.6. The van der Waals surface area contributed by atoms with E-state index in [-0.39, 0.29) is 0 Å². The van der Waals surface area contributed by atoms with Gasteiger partial charge < -0.3 is 14.8 Å². The smallest absolute Gasteiger partial charge is 0.219 e. The second-order valence-corrected chi connectivity index (χ2v) is 4.82. The molecule has 2 aromatic rings. The quantitative estimate of drug-likeness (QED) is 0.875. The standard InChI is InChI=1S/C16H20N2O2/c1-12(2)18-11-13-7-8-17-16(9-13)20-15-6-4-5-14(10-15)19-3/h4-10,12,18H,11H2,1-3H3. The third-order valence-electron chi connectivity index (χ3n) is 2.78. The van der Waals surface area contributed by atoms with Gasteiger partial charge in [-0.05, 0) is 23.8 Å². The van der Waals surface area contributed by atoms with Gasteiger partial charge in [-0.25, -0.2) is 4.98 Å². The van der Waals surface area contributed by atoms with Crippen LogP contribution in [0.25, 0.3) is 0 Å². The minimum absolute atomic E-state index is 0.450. The molecule has 0 fully saturated rings. The topological polar surface area (TPSA) is 43.4 Å². The summed E-state index contributed by atoms with van der Waals surface area (Å²) >= 11 is 0. The van der Waals surface area contributed by atoms with Crippen molar-refractivity contribution in [2.45, 2.75) is 26.4 Å². The van der Waals surface area contributed by atoms with Crippen LogP contribution in [0.1, 0.15) is 19.4 Å². The molecule has 0 saturated heterocycles. The van der Waals surface area contributed by atoms with E-state index in [4.69, 9.17) is 9.47 Å². The lowest BCUT2D eigenvalue weighted by Crippen LogP contribution is -2.21. The van der Waals surface area contributed by atoms with Gasteiger partial charge in [0, 0.05) is 30.9 Å². The monoisotopic (exact) mass is 272 g/mol. The van der Waals surface area contributed by atoms with E-state index in [1.54, 1.807) is 13.3 Å². The summed E-state index contributed by atoms with van der Waals surface area (Å²) in [5.41, 5.74) is 1.14. The fourth-order valence-corrected chi connectivity index (χ4v) is 1.72. The van der Waals surface area contributed by atoms with Crippen LogP contribution in [0.4, 0.5) is 0 Å². The van der Waals surface area contributed by atoms with Crippen molar-refractivity contribution in [2.75, 3.05) is 7.11 Å². The molecule has 1 heterocycles. The van der Waals surface area contributed by atoms with Crippen molar-refractivity contribution in [1.82, 2.24) is 10.3 Å². The Bertz CT molecular complexity index is 556. The highest BCUT2D eigenvalue weighted by Crippen LogP contribution is 2.24. The molecule has 1 aromatic carbocycles. The van der Waals surface area contributed by atoms with E-state index in [0.29, 0.717) is 17.7 Å². The Hall–Kier alpha value is -2.07. The van der Waals surface area contributed by atoms with Gasteiger partial charge in [-0.1, -0.05) is 19.9 Å². The predicted molar refractivity (Wildman–Crippen MR) is 79.3 cm³/mol. The molecule has 20 heavy (non-hydrogen) atoms. The van der Waals surface area contributed by atoms with Gasteiger partial charge in [-0.15, -0.1) is 0 Å². The number of nitrogens with zero attached hydrogens (tertiary/aromatic N) is 1. The van der Waals surface area contributed by atoms with Crippen molar-refractivity contribution in [3.63, 3.8) is 0 Å². The summed E-state index contributed by atoms with van der Waals surface area (Å²) in [5.74, 6) is 2.06. The summed E-state index contributed by atoms with van der Waals surface area (Å²) in [4.78, 5) is 4.23. The SMILES string of the molecule is COc1cccc(Oc2cc(CNC(C)C)ccn2)c1. The molecule has 1 N–H and O–H groups in total. The zero-order valence-electron chi connectivity index (χ0n) is 12.1. The van der Waals surface area contributed by atoms with Crippen LogP contribution < -0.4 is 14.8 Å². The van der Waals surface area contributed by atoms with Crippen molar-refractivity contribution >= 4 is 0 Å². The average Bonchev–Trinajstić information content (AvgIpc) is 2.46. The summed E-state index contributed by atoms with van der Waals surface area (Å²) in [6.07, 6.45) is 1.76. The first-order chi connectivity index (χ1) is 9.67. The fourth-order valence-electron chi connectivity index (χ4n) is 1.72. The summed E-state index contributed by atoms with van der Waals surface area (Å²) in [6.45, 7) is 5.04. The van der Waals surface area contributed by atoms with Crippen molar-refractivity contribution in [1.29, 1.82) is 0 Å². The third kappa shape index (κ3) is 4.24. The van der Waals surface area contributed by atoms with Crippen LogP contribution in [-0.2, 0) is 6.54 Å². The zero-order valence-corrected chi connectivity index (χ0v) is 12.1. The minimum Gasteiger partial charge on any atom is -0.497 e. The Morgan fingerprint density at radius 1 is 1.15 bits per heavy atom. The molecule has 0 saturated carbocycles. The van der Waals surface area contributed by atoms with Crippen LogP contribution in [0.3, 0.4) is 0 Å². The molecular formula is C16H20N2O2. The molecule has 106 valence electrons. The number of nitrogens with one attached hydrogen (secondary N) is 1. The van der Waals surface area contributed by atoms with Crippen LogP contribution in [0.5, 0.6) is 17.4 Å². The van der Waals surface area contributed by atoms with E-state index in [1.165, 1.54) is 0 Å². The Balaban J connectivity index is 2.06. The fraction of sp³-hybridized carbons (Fsp3) is 0.312. The van der Waals surface area contributed by atoms with E-state index in [9.17, 15) is 0 Å². The van der Waals surface area contributed by atoms with Gasteiger partial charge in [0.25, 0.3) is 0 Å². The van der Waals surface area contributed by atoms with Crippen molar-refractivity contribution in [3.05, 3.63) is 48.2 Å². The molecular weight excluding hydrogens is 252 g/mol. The van der Waals surface area contributed by atoms with Crippen molar-refractivity contribution in [3.8, 4) is 17.4 Å². The van der Waals surface area contributed by atoms with Crippen LogP contribution in [-0.4, -0.2) is 18.1 Å². The zero-order chi connectivity index (χ0) is 14.4. The number of methoxy groups -OCH3 is 1. The van der Waals surface area contributed by atoms with E-state index in [2.05, 4.69) is 24.1 Å². The molecule has 0 aliphatic carbocycles. The van der Waals surface area contributed by atoms with Gasteiger partial charge in [-0.3, -0.25) is 0 Å². The van der Waals surface area contributed by atoms with E-state index < -0.39 is 0 Å². The number of ether oxygens (including phenoxy) is 2. The minimum atomic E-state index is 0.450. The molecule has 0 amide bonds. The summed E-state index contributed by atoms with van der Waals surface area (Å²) in [7, 11) is 1.63. The van der Waals surface area contributed by atoms with Crippen LogP contribution in [0.15, 0.2) is 42.6 Å². The summed E-state index contributed by atoms with van der Waals surface area (Å²) in [6, 6.07) is 11.8. The number of pyridine rings is 1. The van der Waals surface area contributed by atoms with Crippen LogP contribution in [0, 0.1) is 0 Å². The molecule has 4 heteroatoms. The lowest BCUT2D eigenvalue weighted by atomic mass is 10.2. The first-order valence-corrected chi connectivity index (χ1v) is 6.67. The van der Waals surface area contributed by atoms with Gasteiger partial charge in [0.1, 0.15) is 11.5 Å². The van der Waals surface area contributed by atoms with Gasteiger partial charge in [-0.2, -0.15) is 0 Å². The maximum Gasteiger partial charge on any atom is 0.219 e. The van der Waals surface area contributed by atoms with Crippen molar-refractivity contribution in [2.24, 2.45) is 0 Å². The first-order valence-electron chi connectivity index (χ1n) is 6.67. The van der Waals surface area contributed by atoms with Crippen molar-refractivity contribution < 1.29 is 9.47 Å². The molecule has 1 aromatic heterocycles. The van der Waals surface area contributed by atoms with Gasteiger partial charge in [0.2, 0.25) is 5.88 Å². The van der Waals surface area contributed by atoms with E-state index >= 15 is 0 Å². The summed E-state index contributed by atoms with van der Waals surface area (Å²) in [5, 5.41) is 3.37. The largest absolute Gasteiger partial charge is 0.497 e. The molecule has 4 nitrogen and oxygen atoms in total. The molecule has 0 spiro atoms. The molecule has 0 aliphatic rings. The van der Waals surface area contributed by atoms with Gasteiger partial charge >= 0.3 is 0 Å².